The number of carboxylic acid groups (broad SMARTS) is 1. The van der Waals surface area contributed by atoms with Gasteiger partial charge in [0.2, 0.25) is 5.82 Å². The standard InChI is InChI=1S/C28H32ClN7O4/c1-3-4-9-24-31-26(29)23(17-40-28(39)22(30-2)14-15-25(37)38)36(24)16-18-10-12-19(13-11-18)20-7-5-6-8-21(20)27-32-34-35-33-27/h5-8,10-13,22,30H,3-4,9,14-17H2,1-2H3,(H,37,38)(H,32,33,34,35)/t22-/m0/s1. The first-order chi connectivity index (χ1) is 19.4. The van der Waals surface area contributed by atoms with Gasteiger partial charge in [0.1, 0.15) is 18.5 Å². The lowest BCUT2D eigenvalue weighted by molar-refractivity contribution is -0.148. The molecule has 3 N–H and O–H groups in total. The Morgan fingerprint density at radius 3 is 2.55 bits per heavy atom. The summed E-state index contributed by atoms with van der Waals surface area (Å²) in [5, 5.41) is 26.5. The molecule has 2 aromatic carbocycles. The third kappa shape index (κ3) is 7.10. The number of hydrogen-bond acceptors (Lipinski definition) is 8. The number of nitrogens with zero attached hydrogens (tertiary/aromatic N) is 5. The van der Waals surface area contributed by atoms with E-state index in [-0.39, 0.29) is 24.6 Å². The van der Waals surface area contributed by atoms with Gasteiger partial charge in [-0.25, -0.2) is 4.98 Å². The van der Waals surface area contributed by atoms with Gasteiger partial charge in [-0.2, -0.15) is 5.21 Å². The number of aromatic nitrogens is 6. The number of unbranched alkanes of at least 4 members (excludes halogenated alkanes) is 1. The number of aliphatic carboxylic acids is 1. The highest BCUT2D eigenvalue weighted by Gasteiger charge is 2.22. The van der Waals surface area contributed by atoms with E-state index >= 15 is 0 Å². The average molecular weight is 566 g/mol. The van der Waals surface area contributed by atoms with E-state index in [0.717, 1.165) is 47.3 Å². The van der Waals surface area contributed by atoms with Gasteiger partial charge < -0.3 is 19.7 Å². The number of aromatic amines is 1. The van der Waals surface area contributed by atoms with E-state index < -0.39 is 18.0 Å². The summed E-state index contributed by atoms with van der Waals surface area (Å²) in [6.45, 7) is 2.53. The Hall–Kier alpha value is -4.09. The average Bonchev–Trinajstić information content (AvgIpc) is 3.59. The molecule has 2 aromatic heterocycles. The van der Waals surface area contributed by atoms with Gasteiger partial charge in [-0.05, 0) is 41.8 Å². The van der Waals surface area contributed by atoms with Gasteiger partial charge in [0.25, 0.3) is 0 Å². The van der Waals surface area contributed by atoms with Crippen LogP contribution in [0.4, 0.5) is 0 Å². The van der Waals surface area contributed by atoms with Crippen LogP contribution in [0.15, 0.2) is 48.5 Å². The number of hydrogen-bond donors (Lipinski definition) is 3. The fourth-order valence-corrected chi connectivity index (χ4v) is 4.68. The number of benzene rings is 2. The van der Waals surface area contributed by atoms with Crippen LogP contribution in [0.3, 0.4) is 0 Å². The Labute approximate surface area is 236 Å². The third-order valence-corrected chi connectivity index (χ3v) is 6.91. The Kier molecular flexibility index (Phi) is 9.98. The van der Waals surface area contributed by atoms with E-state index in [4.69, 9.17) is 21.4 Å². The maximum atomic E-state index is 12.6. The second-order valence-electron chi connectivity index (χ2n) is 9.31. The van der Waals surface area contributed by atoms with Crippen LogP contribution in [-0.2, 0) is 33.9 Å². The number of carboxylic acids is 1. The molecule has 0 fully saturated rings. The molecule has 0 saturated carbocycles. The topological polar surface area (TPSA) is 148 Å². The van der Waals surface area contributed by atoms with Crippen molar-refractivity contribution >= 4 is 23.5 Å². The molecule has 0 aliphatic heterocycles. The van der Waals surface area contributed by atoms with Crippen molar-refractivity contribution in [1.29, 1.82) is 0 Å². The van der Waals surface area contributed by atoms with Gasteiger partial charge in [0, 0.05) is 24.9 Å². The van der Waals surface area contributed by atoms with Crippen molar-refractivity contribution in [1.82, 2.24) is 35.5 Å². The molecule has 0 bridgehead atoms. The molecule has 40 heavy (non-hydrogen) atoms. The molecule has 0 spiro atoms. The molecule has 4 aromatic rings. The van der Waals surface area contributed by atoms with Gasteiger partial charge >= 0.3 is 11.9 Å². The van der Waals surface area contributed by atoms with E-state index in [1.54, 1.807) is 7.05 Å². The maximum Gasteiger partial charge on any atom is 0.323 e. The molecule has 1 atom stereocenters. The summed E-state index contributed by atoms with van der Waals surface area (Å²) < 4.78 is 7.56. The van der Waals surface area contributed by atoms with Crippen LogP contribution in [0.1, 0.15) is 49.7 Å². The summed E-state index contributed by atoms with van der Waals surface area (Å²) in [6.07, 6.45) is 2.65. The minimum atomic E-state index is -0.973. The van der Waals surface area contributed by atoms with Crippen molar-refractivity contribution in [2.45, 2.75) is 58.2 Å². The smallest absolute Gasteiger partial charge is 0.323 e. The maximum absolute atomic E-state index is 12.6. The summed E-state index contributed by atoms with van der Waals surface area (Å²) >= 11 is 6.53. The van der Waals surface area contributed by atoms with Crippen LogP contribution in [-0.4, -0.2) is 60.3 Å². The SMILES string of the molecule is CCCCc1nc(Cl)c(COC(=O)[C@H](CCC(=O)O)NC)n1Cc1ccc(-c2ccccc2-c2nn[nH]n2)cc1. The molecule has 210 valence electrons. The lowest BCUT2D eigenvalue weighted by Crippen LogP contribution is -2.36. The molecule has 4 rings (SSSR count). The predicted octanol–water partition coefficient (Wildman–Crippen LogP) is 4.27. The van der Waals surface area contributed by atoms with Gasteiger partial charge in [-0.15, -0.1) is 10.2 Å². The number of esters is 1. The summed E-state index contributed by atoms with van der Waals surface area (Å²) in [5.41, 5.74) is 4.49. The van der Waals surface area contributed by atoms with Crippen LogP contribution >= 0.6 is 11.6 Å². The van der Waals surface area contributed by atoms with Crippen molar-refractivity contribution in [2.75, 3.05) is 7.05 Å². The molecule has 0 amide bonds. The van der Waals surface area contributed by atoms with Crippen molar-refractivity contribution in [3.63, 3.8) is 0 Å². The fourth-order valence-electron chi connectivity index (χ4n) is 4.42. The number of H-pyrrole nitrogens is 1. The highest BCUT2D eigenvalue weighted by atomic mass is 35.5. The molecule has 0 unspecified atom stereocenters. The molecule has 12 heteroatoms. The minimum Gasteiger partial charge on any atom is -0.481 e. The van der Waals surface area contributed by atoms with E-state index in [2.05, 4.69) is 37.8 Å². The van der Waals surface area contributed by atoms with Crippen molar-refractivity contribution in [3.05, 3.63) is 70.8 Å². The van der Waals surface area contributed by atoms with E-state index in [9.17, 15) is 9.59 Å². The summed E-state index contributed by atoms with van der Waals surface area (Å²) in [7, 11) is 1.60. The fraction of sp³-hybridized carbons (Fsp3) is 0.357. The number of nitrogens with one attached hydrogen (secondary N) is 2. The number of carbonyl (C=O) groups is 2. The van der Waals surface area contributed by atoms with Crippen molar-refractivity contribution in [2.24, 2.45) is 0 Å². The van der Waals surface area contributed by atoms with Crippen LogP contribution < -0.4 is 5.32 Å². The largest absolute Gasteiger partial charge is 0.481 e. The Morgan fingerprint density at radius 1 is 1.15 bits per heavy atom. The number of ether oxygens (including phenoxy) is 1. The molecule has 0 aliphatic rings. The van der Waals surface area contributed by atoms with Gasteiger partial charge in [0.15, 0.2) is 5.15 Å². The lowest BCUT2D eigenvalue weighted by Gasteiger charge is -2.16. The molecule has 0 radical (unpaired) electrons. The predicted molar refractivity (Wildman–Crippen MR) is 150 cm³/mol. The quantitative estimate of drug-likeness (QED) is 0.191. The number of carbonyl (C=O) groups excluding carboxylic acids is 1. The molecule has 11 nitrogen and oxygen atoms in total. The van der Waals surface area contributed by atoms with E-state index in [1.807, 2.05) is 53.1 Å². The zero-order valence-electron chi connectivity index (χ0n) is 22.4. The Morgan fingerprint density at radius 2 is 1.90 bits per heavy atom. The van der Waals surface area contributed by atoms with Crippen molar-refractivity contribution < 1.29 is 19.4 Å². The minimum absolute atomic E-state index is 0.0712. The number of tetrazole rings is 1. The second-order valence-corrected chi connectivity index (χ2v) is 9.67. The zero-order valence-corrected chi connectivity index (χ0v) is 23.2. The van der Waals surface area contributed by atoms with Gasteiger partial charge in [-0.1, -0.05) is 73.5 Å². The highest BCUT2D eigenvalue weighted by Crippen LogP contribution is 2.30. The van der Waals surface area contributed by atoms with Crippen LogP contribution in [0.25, 0.3) is 22.5 Å². The summed E-state index contributed by atoms with van der Waals surface area (Å²) in [5.74, 6) is -0.164. The van der Waals surface area contributed by atoms with Crippen LogP contribution in [0.2, 0.25) is 5.15 Å². The van der Waals surface area contributed by atoms with Crippen molar-refractivity contribution in [3.8, 4) is 22.5 Å². The first-order valence-electron chi connectivity index (χ1n) is 13.1. The number of halogens is 1. The summed E-state index contributed by atoms with van der Waals surface area (Å²) in [4.78, 5) is 28.1. The highest BCUT2D eigenvalue weighted by molar-refractivity contribution is 6.30. The van der Waals surface area contributed by atoms with E-state index in [0.29, 0.717) is 18.1 Å². The van der Waals surface area contributed by atoms with Gasteiger partial charge in [0.05, 0.1) is 5.69 Å². The number of aryl methyl sites for hydroxylation is 1. The first kappa shape index (κ1) is 28.9. The normalized spacial score (nSPS) is 11.9. The summed E-state index contributed by atoms with van der Waals surface area (Å²) in [6, 6.07) is 15.3. The molecule has 2 heterocycles. The van der Waals surface area contributed by atoms with Gasteiger partial charge in [-0.3, -0.25) is 9.59 Å². The molecule has 0 aliphatic carbocycles. The number of imidazole rings is 1. The second kappa shape index (κ2) is 13.8. The van der Waals surface area contributed by atoms with Crippen LogP contribution in [0.5, 0.6) is 0 Å². The third-order valence-electron chi connectivity index (χ3n) is 6.61. The van der Waals surface area contributed by atoms with Crippen LogP contribution in [0, 0.1) is 0 Å². The Bertz CT molecular complexity index is 1420. The monoisotopic (exact) mass is 565 g/mol. The number of rotatable bonds is 14. The first-order valence-corrected chi connectivity index (χ1v) is 13.5. The molecular weight excluding hydrogens is 534 g/mol. The number of likely N-dealkylation sites (N-methyl/N-ethyl adjacent to an activating group) is 1. The zero-order chi connectivity index (χ0) is 28.5. The van der Waals surface area contributed by atoms with E-state index in [1.165, 1.54) is 0 Å². The lowest BCUT2D eigenvalue weighted by atomic mass is 9.98. The Balaban J connectivity index is 1.55. The molecule has 0 saturated heterocycles. The molecular formula is C28H32ClN7O4.